The molecule has 0 aromatic carbocycles. The monoisotopic (exact) mass is 444 g/mol. The summed E-state index contributed by atoms with van der Waals surface area (Å²) in [5.74, 6) is 0.402. The van der Waals surface area contributed by atoms with Crippen molar-refractivity contribution >= 4 is 53.2 Å². The maximum Gasteiger partial charge on any atom is 0.245 e. The molecular formula is C12H18Br2N2O2S2. The molecule has 0 bridgehead atoms. The van der Waals surface area contributed by atoms with Crippen LogP contribution in [-0.2, 0) is 10.0 Å². The van der Waals surface area contributed by atoms with E-state index in [0.717, 1.165) is 29.7 Å². The molecule has 114 valence electrons. The number of nitrogens with one attached hydrogen (secondary N) is 1. The fourth-order valence-corrected chi connectivity index (χ4v) is 7.69. The average molecular weight is 446 g/mol. The third kappa shape index (κ3) is 3.84. The predicted octanol–water partition coefficient (Wildman–Crippen LogP) is 3.28. The maximum absolute atomic E-state index is 12.7. The van der Waals surface area contributed by atoms with Gasteiger partial charge < -0.3 is 5.32 Å². The zero-order valence-electron chi connectivity index (χ0n) is 11.2. The summed E-state index contributed by atoms with van der Waals surface area (Å²) in [4.78, 5) is 0.361. The molecule has 1 atom stereocenters. The lowest BCUT2D eigenvalue weighted by Gasteiger charge is -2.28. The zero-order chi connectivity index (χ0) is 14.8. The van der Waals surface area contributed by atoms with Crippen LogP contribution in [0.15, 0.2) is 18.5 Å². The van der Waals surface area contributed by atoms with E-state index in [0.29, 0.717) is 27.7 Å². The van der Waals surface area contributed by atoms with Gasteiger partial charge in [0.05, 0.1) is 7.57 Å². The fourth-order valence-electron chi connectivity index (χ4n) is 2.41. The van der Waals surface area contributed by atoms with Crippen molar-refractivity contribution in [3.05, 3.63) is 13.6 Å². The van der Waals surface area contributed by atoms with E-state index in [1.807, 2.05) is 6.92 Å². The van der Waals surface area contributed by atoms with Crippen LogP contribution in [0.4, 0.5) is 0 Å². The summed E-state index contributed by atoms with van der Waals surface area (Å²) < 4.78 is 28.5. The number of sulfonamides is 1. The Balaban J connectivity index is 2.18. The number of piperidine rings is 1. The number of hydrogen-bond acceptors (Lipinski definition) is 4. The van der Waals surface area contributed by atoms with Crippen LogP contribution in [-0.4, -0.2) is 38.9 Å². The van der Waals surface area contributed by atoms with Crippen molar-refractivity contribution in [3.63, 3.8) is 0 Å². The van der Waals surface area contributed by atoms with Crippen molar-refractivity contribution in [1.29, 1.82) is 0 Å². The summed E-state index contributed by atoms with van der Waals surface area (Å²) >= 11 is 8.07. The molecule has 1 N–H and O–H groups in total. The molecule has 4 nitrogen and oxygen atoms in total. The van der Waals surface area contributed by atoms with Gasteiger partial charge in [-0.05, 0) is 69.8 Å². The first-order chi connectivity index (χ1) is 9.45. The van der Waals surface area contributed by atoms with Crippen LogP contribution < -0.4 is 5.32 Å². The van der Waals surface area contributed by atoms with E-state index < -0.39 is 10.0 Å². The molecule has 0 radical (unpaired) electrons. The predicted molar refractivity (Wildman–Crippen MR) is 89.7 cm³/mol. The van der Waals surface area contributed by atoms with Gasteiger partial charge in [-0.25, -0.2) is 8.42 Å². The van der Waals surface area contributed by atoms with Gasteiger partial charge in [-0.2, -0.15) is 4.31 Å². The Bertz CT molecular complexity index is 554. The second-order valence-electron chi connectivity index (χ2n) is 4.86. The molecule has 8 heteroatoms. The molecular weight excluding hydrogens is 428 g/mol. The zero-order valence-corrected chi connectivity index (χ0v) is 16.0. The minimum atomic E-state index is -3.42. The van der Waals surface area contributed by atoms with Crippen molar-refractivity contribution in [3.8, 4) is 0 Å². The molecule has 1 aliphatic rings. The van der Waals surface area contributed by atoms with E-state index in [2.05, 4.69) is 37.2 Å². The van der Waals surface area contributed by atoms with Gasteiger partial charge in [-0.15, -0.1) is 11.3 Å². The van der Waals surface area contributed by atoms with Crippen molar-refractivity contribution in [2.45, 2.75) is 24.7 Å². The van der Waals surface area contributed by atoms with Crippen LogP contribution in [0, 0.1) is 5.92 Å². The van der Waals surface area contributed by atoms with E-state index in [1.165, 1.54) is 11.3 Å². The van der Waals surface area contributed by atoms with Gasteiger partial charge >= 0.3 is 0 Å². The van der Waals surface area contributed by atoms with E-state index in [4.69, 9.17) is 0 Å². The highest BCUT2D eigenvalue weighted by Gasteiger charge is 2.29. The van der Waals surface area contributed by atoms with Gasteiger partial charge in [0, 0.05) is 13.1 Å². The van der Waals surface area contributed by atoms with Crippen LogP contribution in [0.2, 0.25) is 0 Å². The minimum Gasteiger partial charge on any atom is -0.316 e. The molecule has 1 aliphatic heterocycles. The first-order valence-corrected chi connectivity index (χ1v) is 10.4. The van der Waals surface area contributed by atoms with Gasteiger partial charge in [-0.3, -0.25) is 0 Å². The minimum absolute atomic E-state index is 0.361. The Morgan fingerprint density at radius 3 is 2.75 bits per heavy atom. The SMILES string of the molecule is CCN(CC1CCCNC1)S(=O)(=O)c1cc(Br)sc1Br. The molecule has 0 saturated carbocycles. The summed E-state index contributed by atoms with van der Waals surface area (Å²) in [6.45, 7) is 4.92. The van der Waals surface area contributed by atoms with E-state index in [1.54, 1.807) is 10.4 Å². The van der Waals surface area contributed by atoms with Gasteiger partial charge in [0.1, 0.15) is 4.90 Å². The van der Waals surface area contributed by atoms with Crippen LogP contribution in [0.5, 0.6) is 0 Å². The van der Waals surface area contributed by atoms with E-state index in [-0.39, 0.29) is 0 Å². The molecule has 1 aromatic rings. The Hall–Kier alpha value is 0.530. The Labute approximate surface area is 141 Å². The average Bonchev–Trinajstić information content (AvgIpc) is 2.76. The van der Waals surface area contributed by atoms with E-state index >= 15 is 0 Å². The first kappa shape index (κ1) is 16.9. The molecule has 1 fully saturated rings. The molecule has 1 saturated heterocycles. The highest BCUT2D eigenvalue weighted by Crippen LogP contribution is 2.36. The van der Waals surface area contributed by atoms with Crippen LogP contribution in [0.25, 0.3) is 0 Å². The van der Waals surface area contributed by atoms with Crippen molar-refractivity contribution in [1.82, 2.24) is 9.62 Å². The third-order valence-corrected chi connectivity index (χ3v) is 8.15. The molecule has 0 spiro atoms. The maximum atomic E-state index is 12.7. The van der Waals surface area contributed by atoms with Crippen LogP contribution in [0.1, 0.15) is 19.8 Å². The lowest BCUT2D eigenvalue weighted by Crippen LogP contribution is -2.40. The molecule has 1 unspecified atom stereocenters. The number of halogens is 2. The van der Waals surface area contributed by atoms with E-state index in [9.17, 15) is 8.42 Å². The number of rotatable bonds is 5. The van der Waals surface area contributed by atoms with Crippen LogP contribution in [0.3, 0.4) is 0 Å². The first-order valence-electron chi connectivity index (χ1n) is 6.61. The van der Waals surface area contributed by atoms with Gasteiger partial charge in [0.15, 0.2) is 0 Å². The molecule has 0 aliphatic carbocycles. The molecule has 2 heterocycles. The van der Waals surface area contributed by atoms with Gasteiger partial charge in [-0.1, -0.05) is 6.92 Å². The Morgan fingerprint density at radius 1 is 1.50 bits per heavy atom. The van der Waals surface area contributed by atoms with Crippen molar-refractivity contribution in [2.24, 2.45) is 5.92 Å². The molecule has 20 heavy (non-hydrogen) atoms. The van der Waals surface area contributed by atoms with Crippen LogP contribution >= 0.6 is 43.2 Å². The van der Waals surface area contributed by atoms with Gasteiger partial charge in [0.2, 0.25) is 10.0 Å². The number of hydrogen-bond donors (Lipinski definition) is 1. The smallest absolute Gasteiger partial charge is 0.245 e. The second-order valence-corrected chi connectivity index (χ2v) is 10.5. The quantitative estimate of drug-likeness (QED) is 0.756. The third-order valence-electron chi connectivity index (χ3n) is 3.46. The lowest BCUT2D eigenvalue weighted by molar-refractivity contribution is 0.298. The number of thiophene rings is 1. The Kier molecular flexibility index (Phi) is 6.08. The molecule has 2 rings (SSSR count). The number of nitrogens with zero attached hydrogens (tertiary/aromatic N) is 1. The van der Waals surface area contributed by atoms with Gasteiger partial charge in [0.25, 0.3) is 0 Å². The Morgan fingerprint density at radius 2 is 2.25 bits per heavy atom. The highest BCUT2D eigenvalue weighted by atomic mass is 79.9. The molecule has 1 aromatic heterocycles. The molecule has 0 amide bonds. The fraction of sp³-hybridized carbons (Fsp3) is 0.667. The second kappa shape index (κ2) is 7.19. The topological polar surface area (TPSA) is 49.4 Å². The largest absolute Gasteiger partial charge is 0.316 e. The normalized spacial score (nSPS) is 20.5. The summed E-state index contributed by atoms with van der Waals surface area (Å²) in [7, 11) is -3.42. The lowest BCUT2D eigenvalue weighted by atomic mass is 10.00. The summed E-state index contributed by atoms with van der Waals surface area (Å²) in [6, 6.07) is 1.67. The summed E-state index contributed by atoms with van der Waals surface area (Å²) in [5.41, 5.74) is 0. The summed E-state index contributed by atoms with van der Waals surface area (Å²) in [5, 5.41) is 3.33. The summed E-state index contributed by atoms with van der Waals surface area (Å²) in [6.07, 6.45) is 2.21. The standard InChI is InChI=1S/C12H18Br2N2O2S2/c1-2-16(8-9-4-3-5-15-7-9)20(17,18)10-6-11(13)19-12(10)14/h6,9,15H,2-5,7-8H2,1H3. The highest BCUT2D eigenvalue weighted by molar-refractivity contribution is 9.12. The van der Waals surface area contributed by atoms with Crippen molar-refractivity contribution < 1.29 is 8.42 Å². The van der Waals surface area contributed by atoms with Crippen molar-refractivity contribution in [2.75, 3.05) is 26.2 Å².